The Labute approximate surface area is 159 Å². The molecule has 0 aliphatic carbocycles. The zero-order valence-corrected chi connectivity index (χ0v) is 16.4. The Hall–Kier alpha value is -1.94. The first-order valence-corrected chi connectivity index (χ1v) is 10.4. The molecule has 8 nitrogen and oxygen atoms in total. The standard InChI is InChI=1S/C18H26N4O4S/c1-14-19-18(13-21(14)2)27(24,25)20-16-7-8-22(12-16)11-15-3-5-17(6-4-15)26-10-9-23/h3-6,13,16,20,23H,7-12H2,1-2H3/t16-/m1/s1. The van der Waals surface area contributed by atoms with Crippen molar-refractivity contribution in [1.82, 2.24) is 19.2 Å². The van der Waals surface area contributed by atoms with Crippen LogP contribution in [0.4, 0.5) is 0 Å². The summed E-state index contributed by atoms with van der Waals surface area (Å²) in [6, 6.07) is 7.61. The van der Waals surface area contributed by atoms with Crippen LogP contribution < -0.4 is 9.46 Å². The maximum atomic E-state index is 12.5. The second-order valence-electron chi connectivity index (χ2n) is 6.80. The molecule has 27 heavy (non-hydrogen) atoms. The molecule has 1 aromatic heterocycles. The number of aliphatic hydroxyl groups excluding tert-OH is 1. The molecule has 1 aliphatic heterocycles. The van der Waals surface area contributed by atoms with Crippen LogP contribution in [0.1, 0.15) is 17.8 Å². The summed E-state index contributed by atoms with van der Waals surface area (Å²) in [7, 11) is -1.83. The number of aromatic nitrogens is 2. The second-order valence-corrected chi connectivity index (χ2v) is 8.46. The van der Waals surface area contributed by atoms with Crippen molar-refractivity contribution in [3.05, 3.63) is 41.9 Å². The molecule has 2 heterocycles. The van der Waals surface area contributed by atoms with Crippen LogP contribution in [0.2, 0.25) is 0 Å². The van der Waals surface area contributed by atoms with Crippen molar-refractivity contribution in [2.24, 2.45) is 7.05 Å². The minimum atomic E-state index is -3.60. The fraction of sp³-hybridized carbons (Fsp3) is 0.500. The van der Waals surface area contributed by atoms with Crippen molar-refractivity contribution >= 4 is 10.0 Å². The van der Waals surface area contributed by atoms with Gasteiger partial charge in [-0.2, -0.15) is 0 Å². The first-order valence-electron chi connectivity index (χ1n) is 8.94. The van der Waals surface area contributed by atoms with E-state index in [1.54, 1.807) is 18.5 Å². The van der Waals surface area contributed by atoms with E-state index < -0.39 is 10.0 Å². The van der Waals surface area contributed by atoms with Gasteiger partial charge in [-0.3, -0.25) is 4.90 Å². The van der Waals surface area contributed by atoms with Crippen LogP contribution >= 0.6 is 0 Å². The van der Waals surface area contributed by atoms with Crippen molar-refractivity contribution < 1.29 is 18.3 Å². The van der Waals surface area contributed by atoms with Gasteiger partial charge in [0.05, 0.1) is 6.61 Å². The van der Waals surface area contributed by atoms with Crippen LogP contribution in [0.25, 0.3) is 0 Å². The maximum absolute atomic E-state index is 12.5. The van der Waals surface area contributed by atoms with Crippen LogP contribution in [0, 0.1) is 6.92 Å². The van der Waals surface area contributed by atoms with Crippen molar-refractivity contribution in [2.75, 3.05) is 26.3 Å². The molecule has 1 atom stereocenters. The smallest absolute Gasteiger partial charge is 0.259 e. The molecule has 1 saturated heterocycles. The highest BCUT2D eigenvalue weighted by Crippen LogP contribution is 2.18. The third-order valence-electron chi connectivity index (χ3n) is 4.65. The van der Waals surface area contributed by atoms with E-state index in [9.17, 15) is 8.42 Å². The van der Waals surface area contributed by atoms with E-state index >= 15 is 0 Å². The zero-order valence-electron chi connectivity index (χ0n) is 15.6. The molecule has 1 aliphatic rings. The Morgan fingerprint density at radius 3 is 2.70 bits per heavy atom. The van der Waals surface area contributed by atoms with Crippen molar-refractivity contribution in [2.45, 2.75) is 31.0 Å². The summed E-state index contributed by atoms with van der Waals surface area (Å²) in [5.41, 5.74) is 1.13. The average Bonchev–Trinajstić information content (AvgIpc) is 3.21. The minimum absolute atomic E-state index is 0.00903. The van der Waals surface area contributed by atoms with E-state index in [1.807, 2.05) is 24.3 Å². The quantitative estimate of drug-likeness (QED) is 0.683. The van der Waals surface area contributed by atoms with Crippen LogP contribution in [0.5, 0.6) is 5.75 Å². The molecular formula is C18H26N4O4S. The average molecular weight is 394 g/mol. The topological polar surface area (TPSA) is 96.7 Å². The van der Waals surface area contributed by atoms with Crippen molar-refractivity contribution in [3.8, 4) is 5.75 Å². The van der Waals surface area contributed by atoms with Crippen molar-refractivity contribution in [1.29, 1.82) is 0 Å². The number of rotatable bonds is 8. The van der Waals surface area contributed by atoms with Crippen LogP contribution in [0.15, 0.2) is 35.5 Å². The summed E-state index contributed by atoms with van der Waals surface area (Å²) >= 11 is 0. The van der Waals surface area contributed by atoms with Gasteiger partial charge in [-0.05, 0) is 31.0 Å². The van der Waals surface area contributed by atoms with Gasteiger partial charge in [-0.15, -0.1) is 0 Å². The number of aryl methyl sites for hydroxylation is 2. The van der Waals surface area contributed by atoms with Gasteiger partial charge in [0.2, 0.25) is 0 Å². The molecule has 2 aromatic rings. The Bertz CT molecular complexity index is 844. The van der Waals surface area contributed by atoms with Gasteiger partial charge in [0, 0.05) is 38.9 Å². The lowest BCUT2D eigenvalue weighted by Gasteiger charge is -2.17. The SMILES string of the molecule is Cc1nc(S(=O)(=O)N[C@@H]2CCN(Cc3ccc(OCCO)cc3)C2)cn1C. The van der Waals surface area contributed by atoms with Gasteiger partial charge in [-0.1, -0.05) is 12.1 Å². The van der Waals surface area contributed by atoms with E-state index in [2.05, 4.69) is 14.6 Å². The fourth-order valence-corrected chi connectivity index (χ4v) is 4.42. The molecule has 1 aromatic carbocycles. The van der Waals surface area contributed by atoms with Crippen LogP contribution in [-0.4, -0.2) is 60.3 Å². The number of hydrogen-bond acceptors (Lipinski definition) is 6. The monoisotopic (exact) mass is 394 g/mol. The third-order valence-corrected chi connectivity index (χ3v) is 6.04. The number of benzene rings is 1. The van der Waals surface area contributed by atoms with Crippen LogP contribution in [-0.2, 0) is 23.6 Å². The number of ether oxygens (including phenoxy) is 1. The molecular weight excluding hydrogens is 368 g/mol. The molecule has 0 radical (unpaired) electrons. The largest absolute Gasteiger partial charge is 0.491 e. The number of likely N-dealkylation sites (tertiary alicyclic amines) is 1. The molecule has 0 spiro atoms. The predicted octanol–water partition coefficient (Wildman–Crippen LogP) is 0.652. The van der Waals surface area contributed by atoms with Gasteiger partial charge in [-0.25, -0.2) is 18.1 Å². The van der Waals surface area contributed by atoms with E-state index in [0.717, 1.165) is 30.8 Å². The summed E-state index contributed by atoms with van der Waals surface area (Å²) < 4.78 is 34.8. The second kappa shape index (κ2) is 8.39. The predicted molar refractivity (Wildman–Crippen MR) is 101 cm³/mol. The lowest BCUT2D eigenvalue weighted by atomic mass is 10.2. The summed E-state index contributed by atoms with van der Waals surface area (Å²) in [4.78, 5) is 6.33. The number of imidazole rings is 1. The number of sulfonamides is 1. The highest BCUT2D eigenvalue weighted by molar-refractivity contribution is 7.89. The third kappa shape index (κ3) is 5.07. The molecule has 0 unspecified atom stereocenters. The Morgan fingerprint density at radius 1 is 1.33 bits per heavy atom. The first kappa shape index (κ1) is 19.8. The molecule has 0 amide bonds. The highest BCUT2D eigenvalue weighted by Gasteiger charge is 2.28. The van der Waals surface area contributed by atoms with E-state index in [4.69, 9.17) is 9.84 Å². The van der Waals surface area contributed by atoms with E-state index in [1.165, 1.54) is 6.20 Å². The lowest BCUT2D eigenvalue weighted by molar-refractivity contribution is 0.201. The molecule has 1 fully saturated rings. The van der Waals surface area contributed by atoms with Gasteiger partial charge < -0.3 is 14.4 Å². The molecule has 2 N–H and O–H groups in total. The van der Waals surface area contributed by atoms with Gasteiger partial charge in [0.1, 0.15) is 18.2 Å². The maximum Gasteiger partial charge on any atom is 0.259 e. The van der Waals surface area contributed by atoms with Gasteiger partial charge in [0.15, 0.2) is 5.03 Å². The first-order chi connectivity index (χ1) is 12.9. The van der Waals surface area contributed by atoms with E-state index in [-0.39, 0.29) is 24.3 Å². The lowest BCUT2D eigenvalue weighted by Crippen LogP contribution is -2.37. The molecule has 0 bridgehead atoms. The Morgan fingerprint density at radius 2 is 2.07 bits per heavy atom. The molecule has 9 heteroatoms. The molecule has 3 rings (SSSR count). The number of hydrogen-bond donors (Lipinski definition) is 2. The number of aliphatic hydroxyl groups is 1. The summed E-state index contributed by atoms with van der Waals surface area (Å²) in [5.74, 6) is 1.39. The van der Waals surface area contributed by atoms with Crippen LogP contribution in [0.3, 0.4) is 0 Å². The summed E-state index contributed by atoms with van der Waals surface area (Å²) in [6.45, 7) is 4.29. The van der Waals surface area contributed by atoms with Crippen molar-refractivity contribution in [3.63, 3.8) is 0 Å². The number of nitrogens with one attached hydrogen (secondary N) is 1. The molecule has 148 valence electrons. The summed E-state index contributed by atoms with van der Waals surface area (Å²) in [6.07, 6.45) is 2.30. The fourth-order valence-electron chi connectivity index (χ4n) is 3.12. The van der Waals surface area contributed by atoms with Gasteiger partial charge >= 0.3 is 0 Å². The Kier molecular flexibility index (Phi) is 6.15. The zero-order chi connectivity index (χ0) is 19.4. The normalized spacial score (nSPS) is 18.1. The van der Waals surface area contributed by atoms with E-state index in [0.29, 0.717) is 12.4 Å². The van der Waals surface area contributed by atoms with Gasteiger partial charge in [0.25, 0.3) is 10.0 Å². The highest BCUT2D eigenvalue weighted by atomic mass is 32.2. The summed E-state index contributed by atoms with van der Waals surface area (Å²) in [5, 5.41) is 8.85. The molecule has 0 saturated carbocycles. The minimum Gasteiger partial charge on any atom is -0.491 e. The number of nitrogens with zero attached hydrogens (tertiary/aromatic N) is 3. The Balaban J connectivity index is 1.54.